The molecule has 0 bridgehead atoms. The van der Waals surface area contributed by atoms with E-state index in [1.165, 1.54) is 82.6 Å². The highest BCUT2D eigenvalue weighted by molar-refractivity contribution is 5.26. The lowest BCUT2D eigenvalue weighted by Gasteiger charge is -2.46. The molecule has 1 unspecified atom stereocenters. The van der Waals surface area contributed by atoms with Crippen LogP contribution in [0.5, 0.6) is 0 Å². The Labute approximate surface area is 169 Å². The van der Waals surface area contributed by atoms with E-state index in [0.29, 0.717) is 5.41 Å². The molecule has 1 atom stereocenters. The SMILES string of the molecule is CCCC1CCC(C2(C)CCC(c3ccc(CC(C)CC)cc3)CC2)CC1. The van der Waals surface area contributed by atoms with Crippen LogP contribution in [0.1, 0.15) is 115 Å². The Balaban J connectivity index is 1.51. The lowest BCUT2D eigenvalue weighted by molar-refractivity contribution is 0.0656. The van der Waals surface area contributed by atoms with Crippen LogP contribution in [-0.4, -0.2) is 0 Å². The largest absolute Gasteiger partial charge is 0.0654 e. The monoisotopic (exact) mass is 368 g/mol. The first-order valence-corrected chi connectivity index (χ1v) is 12.1. The molecule has 2 fully saturated rings. The van der Waals surface area contributed by atoms with Gasteiger partial charge in [-0.25, -0.2) is 0 Å². The van der Waals surface area contributed by atoms with Crippen LogP contribution in [0.4, 0.5) is 0 Å². The van der Waals surface area contributed by atoms with E-state index >= 15 is 0 Å². The van der Waals surface area contributed by atoms with Gasteiger partial charge < -0.3 is 0 Å². The minimum Gasteiger partial charge on any atom is -0.0654 e. The van der Waals surface area contributed by atoms with E-state index in [0.717, 1.165) is 23.7 Å². The van der Waals surface area contributed by atoms with Gasteiger partial charge in [-0.3, -0.25) is 0 Å². The summed E-state index contributed by atoms with van der Waals surface area (Å²) in [5.74, 6) is 3.66. The summed E-state index contributed by atoms with van der Waals surface area (Å²) in [6.07, 6.45) is 17.1. The minimum atomic E-state index is 0.629. The Morgan fingerprint density at radius 2 is 1.56 bits per heavy atom. The third kappa shape index (κ3) is 5.39. The van der Waals surface area contributed by atoms with Crippen molar-refractivity contribution in [3.05, 3.63) is 35.4 Å². The highest BCUT2D eigenvalue weighted by Gasteiger charge is 2.39. The quantitative estimate of drug-likeness (QED) is 0.452. The maximum Gasteiger partial charge on any atom is -0.0162 e. The lowest BCUT2D eigenvalue weighted by atomic mass is 9.59. The van der Waals surface area contributed by atoms with Gasteiger partial charge in [0, 0.05) is 0 Å². The van der Waals surface area contributed by atoms with E-state index in [1.807, 2.05) is 0 Å². The van der Waals surface area contributed by atoms with E-state index in [-0.39, 0.29) is 0 Å². The Morgan fingerprint density at radius 1 is 0.926 bits per heavy atom. The Bertz CT molecular complexity index is 538. The fourth-order valence-corrected chi connectivity index (χ4v) is 6.05. The Kier molecular flexibility index (Phi) is 7.46. The summed E-state index contributed by atoms with van der Waals surface area (Å²) in [5.41, 5.74) is 3.76. The topological polar surface area (TPSA) is 0 Å². The zero-order chi connectivity index (χ0) is 19.3. The van der Waals surface area contributed by atoms with Crippen molar-refractivity contribution in [2.24, 2.45) is 23.2 Å². The maximum atomic E-state index is 2.63. The summed E-state index contributed by atoms with van der Waals surface area (Å²) in [6.45, 7) is 9.65. The molecule has 0 spiro atoms. The number of benzene rings is 1. The summed E-state index contributed by atoms with van der Waals surface area (Å²) in [4.78, 5) is 0. The van der Waals surface area contributed by atoms with Gasteiger partial charge in [-0.2, -0.15) is 0 Å². The van der Waals surface area contributed by atoms with Crippen LogP contribution in [-0.2, 0) is 6.42 Å². The molecule has 0 saturated heterocycles. The fourth-order valence-electron chi connectivity index (χ4n) is 6.05. The smallest absolute Gasteiger partial charge is 0.0162 e. The van der Waals surface area contributed by atoms with Crippen LogP contribution in [0.15, 0.2) is 24.3 Å². The molecule has 0 N–H and O–H groups in total. The van der Waals surface area contributed by atoms with Gasteiger partial charge in [-0.05, 0) is 85.2 Å². The molecule has 0 heteroatoms. The zero-order valence-electron chi connectivity index (χ0n) is 18.6. The molecule has 0 radical (unpaired) electrons. The highest BCUT2D eigenvalue weighted by atomic mass is 14.4. The molecular formula is C27H44. The molecule has 2 aliphatic carbocycles. The van der Waals surface area contributed by atoms with Crippen LogP contribution >= 0.6 is 0 Å². The average molecular weight is 369 g/mol. The molecule has 0 heterocycles. The predicted molar refractivity (Wildman–Crippen MR) is 119 cm³/mol. The summed E-state index contributed by atoms with van der Waals surface area (Å²) < 4.78 is 0. The van der Waals surface area contributed by atoms with Crippen molar-refractivity contribution < 1.29 is 0 Å². The third-order valence-electron chi connectivity index (χ3n) is 8.39. The van der Waals surface area contributed by atoms with Gasteiger partial charge in [-0.15, -0.1) is 0 Å². The number of hydrogen-bond acceptors (Lipinski definition) is 0. The van der Waals surface area contributed by atoms with Crippen molar-refractivity contribution in [1.82, 2.24) is 0 Å². The van der Waals surface area contributed by atoms with E-state index < -0.39 is 0 Å². The molecule has 0 nitrogen and oxygen atoms in total. The van der Waals surface area contributed by atoms with Crippen LogP contribution in [0.25, 0.3) is 0 Å². The van der Waals surface area contributed by atoms with Gasteiger partial charge in [0.15, 0.2) is 0 Å². The van der Waals surface area contributed by atoms with Crippen LogP contribution in [0.2, 0.25) is 0 Å². The normalized spacial score (nSPS) is 33.0. The van der Waals surface area contributed by atoms with Crippen molar-refractivity contribution in [1.29, 1.82) is 0 Å². The molecule has 0 aromatic heterocycles. The molecule has 1 aromatic rings. The number of hydrogen-bond donors (Lipinski definition) is 0. The van der Waals surface area contributed by atoms with Gasteiger partial charge in [0.1, 0.15) is 0 Å². The summed E-state index contributed by atoms with van der Waals surface area (Å²) in [5, 5.41) is 0. The molecule has 0 amide bonds. The first-order valence-electron chi connectivity index (χ1n) is 12.1. The third-order valence-corrected chi connectivity index (χ3v) is 8.39. The second-order valence-corrected chi connectivity index (χ2v) is 10.4. The van der Waals surface area contributed by atoms with Crippen molar-refractivity contribution >= 4 is 0 Å². The molecule has 152 valence electrons. The molecule has 27 heavy (non-hydrogen) atoms. The summed E-state index contributed by atoms with van der Waals surface area (Å²) in [7, 11) is 0. The van der Waals surface area contributed by atoms with Crippen molar-refractivity contribution in [3.63, 3.8) is 0 Å². The second kappa shape index (κ2) is 9.62. The summed E-state index contributed by atoms with van der Waals surface area (Å²) in [6, 6.07) is 9.70. The van der Waals surface area contributed by atoms with Gasteiger partial charge >= 0.3 is 0 Å². The molecule has 2 saturated carbocycles. The van der Waals surface area contributed by atoms with Crippen molar-refractivity contribution in [2.75, 3.05) is 0 Å². The molecule has 1 aromatic carbocycles. The van der Waals surface area contributed by atoms with E-state index in [2.05, 4.69) is 52.0 Å². The molecule has 3 rings (SSSR count). The predicted octanol–water partition coefficient (Wildman–Crippen LogP) is 8.55. The summed E-state index contributed by atoms with van der Waals surface area (Å²) >= 11 is 0. The Morgan fingerprint density at radius 3 is 2.11 bits per heavy atom. The fraction of sp³-hybridized carbons (Fsp3) is 0.778. The lowest BCUT2D eigenvalue weighted by Crippen LogP contribution is -2.34. The number of rotatable bonds is 7. The molecule has 0 aliphatic heterocycles. The Hall–Kier alpha value is -0.780. The van der Waals surface area contributed by atoms with Crippen LogP contribution in [0, 0.1) is 23.2 Å². The van der Waals surface area contributed by atoms with E-state index in [9.17, 15) is 0 Å². The maximum absolute atomic E-state index is 2.63. The van der Waals surface area contributed by atoms with Crippen LogP contribution in [0.3, 0.4) is 0 Å². The van der Waals surface area contributed by atoms with Crippen molar-refractivity contribution in [2.45, 2.75) is 111 Å². The minimum absolute atomic E-state index is 0.629. The van der Waals surface area contributed by atoms with Crippen LogP contribution < -0.4 is 0 Å². The molecule has 2 aliphatic rings. The average Bonchev–Trinajstić information content (AvgIpc) is 2.70. The van der Waals surface area contributed by atoms with Gasteiger partial charge in [-0.1, -0.05) is 84.1 Å². The first kappa shape index (κ1) is 20.9. The van der Waals surface area contributed by atoms with Gasteiger partial charge in [0.05, 0.1) is 0 Å². The zero-order valence-corrected chi connectivity index (χ0v) is 18.6. The van der Waals surface area contributed by atoms with Gasteiger partial charge in [0.25, 0.3) is 0 Å². The van der Waals surface area contributed by atoms with E-state index in [4.69, 9.17) is 0 Å². The van der Waals surface area contributed by atoms with Gasteiger partial charge in [0.2, 0.25) is 0 Å². The first-order chi connectivity index (χ1) is 13.0. The van der Waals surface area contributed by atoms with Crippen molar-refractivity contribution in [3.8, 4) is 0 Å². The highest BCUT2D eigenvalue weighted by Crippen LogP contribution is 2.52. The standard InChI is InChI=1S/C27H44/c1-5-7-22-10-14-26(15-11-22)27(4)18-16-25(17-19-27)24-12-8-23(9-13-24)20-21(3)6-2/h8-9,12-13,21-22,25-26H,5-7,10-11,14-20H2,1-4H3. The van der Waals surface area contributed by atoms with E-state index in [1.54, 1.807) is 5.56 Å². The molecular weight excluding hydrogens is 324 g/mol. The second-order valence-electron chi connectivity index (χ2n) is 10.4.